The van der Waals surface area contributed by atoms with E-state index in [2.05, 4.69) is 4.90 Å². The Balaban J connectivity index is 2.04. The average molecular weight is 301 g/mol. The van der Waals surface area contributed by atoms with E-state index in [4.69, 9.17) is 4.74 Å². The third-order valence-corrected chi connectivity index (χ3v) is 3.74. The van der Waals surface area contributed by atoms with Crippen molar-refractivity contribution in [3.05, 3.63) is 59.7 Å². The lowest BCUT2D eigenvalue weighted by Gasteiger charge is -2.24. The van der Waals surface area contributed by atoms with E-state index in [0.717, 1.165) is 23.4 Å². The number of aliphatic hydroxyl groups excluding tert-OH is 1. The Labute approximate surface area is 131 Å². The number of hydrogen-bond donors (Lipinski definition) is 2. The topological polar surface area (TPSA) is 52.9 Å². The number of methoxy groups -OCH3 is 1. The molecule has 22 heavy (non-hydrogen) atoms. The predicted molar refractivity (Wildman–Crippen MR) is 87.0 cm³/mol. The van der Waals surface area contributed by atoms with E-state index >= 15 is 0 Å². The van der Waals surface area contributed by atoms with Crippen molar-refractivity contribution in [3.8, 4) is 11.5 Å². The number of rotatable bonds is 7. The fourth-order valence-corrected chi connectivity index (χ4v) is 2.39. The second-order valence-corrected chi connectivity index (χ2v) is 5.25. The van der Waals surface area contributed by atoms with Gasteiger partial charge in [0.05, 0.1) is 13.2 Å². The molecule has 0 amide bonds. The highest BCUT2D eigenvalue weighted by Crippen LogP contribution is 2.22. The van der Waals surface area contributed by atoms with Crippen LogP contribution in [0.1, 0.15) is 24.2 Å². The molecule has 2 N–H and O–H groups in total. The maximum atomic E-state index is 10.4. The van der Waals surface area contributed by atoms with Gasteiger partial charge < -0.3 is 14.9 Å². The van der Waals surface area contributed by atoms with E-state index in [-0.39, 0.29) is 5.75 Å². The predicted octanol–water partition coefficient (Wildman–Crippen LogP) is 2.96. The van der Waals surface area contributed by atoms with Gasteiger partial charge in [-0.15, -0.1) is 0 Å². The van der Waals surface area contributed by atoms with Gasteiger partial charge in [0.2, 0.25) is 0 Å². The quantitative estimate of drug-likeness (QED) is 0.825. The molecule has 4 nitrogen and oxygen atoms in total. The van der Waals surface area contributed by atoms with Crippen molar-refractivity contribution in [1.82, 2.24) is 4.90 Å². The molecule has 0 radical (unpaired) electrons. The summed E-state index contributed by atoms with van der Waals surface area (Å²) in [6.45, 7) is 3.93. The van der Waals surface area contributed by atoms with Gasteiger partial charge in [0, 0.05) is 18.7 Å². The van der Waals surface area contributed by atoms with Crippen LogP contribution >= 0.6 is 0 Å². The van der Waals surface area contributed by atoms with Gasteiger partial charge in [0.15, 0.2) is 0 Å². The monoisotopic (exact) mass is 301 g/mol. The van der Waals surface area contributed by atoms with Gasteiger partial charge in [-0.05, 0) is 30.3 Å². The molecule has 0 aliphatic carbocycles. The normalized spacial score (nSPS) is 12.4. The van der Waals surface area contributed by atoms with Crippen molar-refractivity contribution in [2.75, 3.05) is 20.2 Å². The maximum Gasteiger partial charge on any atom is 0.120 e. The third-order valence-electron chi connectivity index (χ3n) is 3.74. The molecule has 118 valence electrons. The summed E-state index contributed by atoms with van der Waals surface area (Å²) in [6, 6.07) is 14.8. The molecule has 2 rings (SSSR count). The average Bonchev–Trinajstić information content (AvgIpc) is 2.56. The summed E-state index contributed by atoms with van der Waals surface area (Å²) < 4.78 is 5.19. The molecule has 0 aliphatic rings. The highest BCUT2D eigenvalue weighted by molar-refractivity contribution is 5.32. The fourth-order valence-electron chi connectivity index (χ4n) is 2.39. The zero-order valence-corrected chi connectivity index (χ0v) is 13.1. The Hall–Kier alpha value is -2.04. The zero-order valence-electron chi connectivity index (χ0n) is 13.1. The summed E-state index contributed by atoms with van der Waals surface area (Å²) in [5.41, 5.74) is 1.69. The first kappa shape index (κ1) is 16.3. The summed E-state index contributed by atoms with van der Waals surface area (Å²) in [6.07, 6.45) is -0.596. The summed E-state index contributed by atoms with van der Waals surface area (Å²) in [4.78, 5) is 2.10. The number of aliphatic hydroxyl groups is 1. The van der Waals surface area contributed by atoms with E-state index in [1.807, 2.05) is 43.3 Å². The van der Waals surface area contributed by atoms with E-state index < -0.39 is 6.10 Å². The molecule has 2 aromatic rings. The number of hydrogen-bond acceptors (Lipinski definition) is 4. The van der Waals surface area contributed by atoms with Crippen molar-refractivity contribution >= 4 is 0 Å². The SMILES string of the molecule is CCN(Cc1ccccc1O)CC(O)c1cccc(OC)c1. The highest BCUT2D eigenvalue weighted by Gasteiger charge is 2.14. The molecule has 1 atom stereocenters. The minimum atomic E-state index is -0.596. The summed E-state index contributed by atoms with van der Waals surface area (Å²) in [7, 11) is 1.61. The molecule has 0 saturated heterocycles. The molecule has 0 heterocycles. The molecule has 2 aromatic carbocycles. The van der Waals surface area contributed by atoms with Crippen LogP contribution < -0.4 is 4.74 Å². The van der Waals surface area contributed by atoms with E-state index in [1.165, 1.54) is 0 Å². The number of likely N-dealkylation sites (N-methyl/N-ethyl adjacent to an activating group) is 1. The molecule has 0 bridgehead atoms. The van der Waals surface area contributed by atoms with E-state index in [1.54, 1.807) is 19.2 Å². The van der Waals surface area contributed by atoms with Crippen molar-refractivity contribution in [3.63, 3.8) is 0 Å². The number of phenols is 1. The first-order chi connectivity index (χ1) is 10.6. The van der Waals surface area contributed by atoms with Crippen molar-refractivity contribution in [1.29, 1.82) is 0 Å². The maximum absolute atomic E-state index is 10.4. The van der Waals surface area contributed by atoms with Gasteiger partial charge in [0.25, 0.3) is 0 Å². The molecule has 0 aromatic heterocycles. The highest BCUT2D eigenvalue weighted by atomic mass is 16.5. The second kappa shape index (κ2) is 7.82. The Bertz CT molecular complexity index is 600. The standard InChI is InChI=1S/C18H23NO3/c1-3-19(12-15-7-4-5-10-17(15)20)13-18(21)14-8-6-9-16(11-14)22-2/h4-11,18,20-21H,3,12-13H2,1-2H3. The van der Waals surface area contributed by atoms with Gasteiger partial charge in [-0.25, -0.2) is 0 Å². The fraction of sp³-hybridized carbons (Fsp3) is 0.333. The van der Waals surface area contributed by atoms with Gasteiger partial charge in [0.1, 0.15) is 11.5 Å². The van der Waals surface area contributed by atoms with Crippen LogP contribution in [0.2, 0.25) is 0 Å². The van der Waals surface area contributed by atoms with Crippen LogP contribution in [-0.2, 0) is 6.54 Å². The number of ether oxygens (including phenoxy) is 1. The zero-order chi connectivity index (χ0) is 15.9. The smallest absolute Gasteiger partial charge is 0.120 e. The molecular weight excluding hydrogens is 278 g/mol. The van der Waals surface area contributed by atoms with Gasteiger partial charge in [-0.3, -0.25) is 4.90 Å². The Morgan fingerprint density at radius 1 is 1.14 bits per heavy atom. The number of phenolic OH excluding ortho intramolecular Hbond substituents is 1. The largest absolute Gasteiger partial charge is 0.508 e. The molecule has 4 heteroatoms. The van der Waals surface area contributed by atoms with Gasteiger partial charge in [-0.2, -0.15) is 0 Å². The van der Waals surface area contributed by atoms with Crippen molar-refractivity contribution < 1.29 is 14.9 Å². The molecule has 0 spiro atoms. The lowest BCUT2D eigenvalue weighted by molar-refractivity contribution is 0.111. The van der Waals surface area contributed by atoms with Crippen LogP contribution in [0.5, 0.6) is 11.5 Å². The molecule has 0 saturated carbocycles. The van der Waals surface area contributed by atoms with Crippen molar-refractivity contribution in [2.45, 2.75) is 19.6 Å². The first-order valence-corrected chi connectivity index (χ1v) is 7.45. The number of nitrogens with zero attached hydrogens (tertiary/aromatic N) is 1. The summed E-state index contributed by atoms with van der Waals surface area (Å²) in [5, 5.41) is 20.3. The Morgan fingerprint density at radius 2 is 1.91 bits per heavy atom. The lowest BCUT2D eigenvalue weighted by Crippen LogP contribution is -2.28. The van der Waals surface area contributed by atoms with E-state index in [9.17, 15) is 10.2 Å². The number of aromatic hydroxyl groups is 1. The molecular formula is C18H23NO3. The number of benzene rings is 2. The lowest BCUT2D eigenvalue weighted by atomic mass is 10.1. The summed E-state index contributed by atoms with van der Waals surface area (Å²) >= 11 is 0. The Morgan fingerprint density at radius 3 is 2.59 bits per heavy atom. The van der Waals surface area contributed by atoms with Crippen LogP contribution in [0.3, 0.4) is 0 Å². The first-order valence-electron chi connectivity index (χ1n) is 7.45. The second-order valence-electron chi connectivity index (χ2n) is 5.25. The minimum Gasteiger partial charge on any atom is -0.508 e. The minimum absolute atomic E-state index is 0.289. The van der Waals surface area contributed by atoms with Gasteiger partial charge >= 0.3 is 0 Å². The van der Waals surface area contributed by atoms with Crippen LogP contribution in [-0.4, -0.2) is 35.3 Å². The third kappa shape index (κ3) is 4.23. The molecule has 1 unspecified atom stereocenters. The van der Waals surface area contributed by atoms with Crippen molar-refractivity contribution in [2.24, 2.45) is 0 Å². The molecule has 0 fully saturated rings. The van der Waals surface area contributed by atoms with Crippen LogP contribution in [0.25, 0.3) is 0 Å². The number of para-hydroxylation sites is 1. The van der Waals surface area contributed by atoms with E-state index in [0.29, 0.717) is 13.1 Å². The van der Waals surface area contributed by atoms with Gasteiger partial charge in [-0.1, -0.05) is 37.3 Å². The Kier molecular flexibility index (Phi) is 5.81. The summed E-state index contributed by atoms with van der Waals surface area (Å²) in [5.74, 6) is 1.03. The molecule has 0 aliphatic heterocycles. The van der Waals surface area contributed by atoms with Crippen LogP contribution in [0.4, 0.5) is 0 Å². The van der Waals surface area contributed by atoms with Crippen LogP contribution in [0, 0.1) is 0 Å². The van der Waals surface area contributed by atoms with Crippen LogP contribution in [0.15, 0.2) is 48.5 Å².